The molecule has 0 saturated carbocycles. The lowest BCUT2D eigenvalue weighted by molar-refractivity contribution is -0.394. The standard InChI is InChI=1S/C19H36O8/c1-3-4-5-6-7-8-9-10-11-12-14(21)26-19(13-20)17(24)15(22)16(23)18(25-2)27-19/h15-18,20,22-24H,3-13H2,1-2H3/t15-,16+,17-,18+,19?/m1/s1. The topological polar surface area (TPSA) is 126 Å². The van der Waals surface area contributed by atoms with Gasteiger partial charge in [-0.2, -0.15) is 0 Å². The van der Waals surface area contributed by atoms with Crippen molar-refractivity contribution in [3.05, 3.63) is 0 Å². The van der Waals surface area contributed by atoms with Gasteiger partial charge in [0.25, 0.3) is 5.79 Å². The van der Waals surface area contributed by atoms with Crippen molar-refractivity contribution < 1.29 is 39.4 Å². The monoisotopic (exact) mass is 392 g/mol. The fourth-order valence-electron chi connectivity index (χ4n) is 3.20. The van der Waals surface area contributed by atoms with Crippen LogP contribution in [0, 0.1) is 0 Å². The molecule has 1 aliphatic rings. The highest BCUT2D eigenvalue weighted by Gasteiger charge is 2.56. The molecular formula is C19H36O8. The first-order valence-corrected chi connectivity index (χ1v) is 9.99. The second-order valence-corrected chi connectivity index (χ2v) is 7.17. The van der Waals surface area contributed by atoms with E-state index < -0.39 is 43.0 Å². The fraction of sp³-hybridized carbons (Fsp3) is 0.947. The predicted octanol–water partition coefficient (Wildman–Crippen LogP) is 1.22. The van der Waals surface area contributed by atoms with Gasteiger partial charge in [0.1, 0.15) is 18.8 Å². The van der Waals surface area contributed by atoms with E-state index in [0.717, 1.165) is 19.3 Å². The molecule has 0 bridgehead atoms. The van der Waals surface area contributed by atoms with Gasteiger partial charge in [-0.15, -0.1) is 0 Å². The Balaban J connectivity index is 2.36. The number of methoxy groups -OCH3 is 1. The summed E-state index contributed by atoms with van der Waals surface area (Å²) < 4.78 is 15.3. The van der Waals surface area contributed by atoms with Crippen LogP contribution in [0.4, 0.5) is 0 Å². The third-order valence-corrected chi connectivity index (χ3v) is 4.94. The molecule has 0 aliphatic carbocycles. The van der Waals surface area contributed by atoms with Crippen molar-refractivity contribution in [1.29, 1.82) is 0 Å². The number of esters is 1. The number of ether oxygens (including phenoxy) is 3. The number of rotatable bonds is 13. The third kappa shape index (κ3) is 7.29. The number of aliphatic hydroxyl groups is 4. The van der Waals surface area contributed by atoms with E-state index in [1.807, 2.05) is 0 Å². The van der Waals surface area contributed by atoms with Crippen LogP contribution in [-0.2, 0) is 19.0 Å². The van der Waals surface area contributed by atoms with Crippen molar-refractivity contribution in [2.75, 3.05) is 13.7 Å². The molecule has 8 nitrogen and oxygen atoms in total. The molecule has 8 heteroatoms. The van der Waals surface area contributed by atoms with Crippen LogP contribution in [0.15, 0.2) is 0 Å². The molecule has 1 unspecified atom stereocenters. The van der Waals surface area contributed by atoms with Gasteiger partial charge in [0.05, 0.1) is 0 Å². The van der Waals surface area contributed by atoms with Crippen LogP contribution in [-0.4, -0.2) is 70.5 Å². The van der Waals surface area contributed by atoms with Crippen molar-refractivity contribution in [3.63, 3.8) is 0 Å². The molecule has 1 fully saturated rings. The van der Waals surface area contributed by atoms with Crippen LogP contribution in [0.3, 0.4) is 0 Å². The summed E-state index contributed by atoms with van der Waals surface area (Å²) in [6.07, 6.45) is 3.71. The van der Waals surface area contributed by atoms with Crippen LogP contribution in [0.1, 0.15) is 71.1 Å². The zero-order valence-electron chi connectivity index (χ0n) is 16.5. The summed E-state index contributed by atoms with van der Waals surface area (Å²) in [5.74, 6) is -2.81. The second-order valence-electron chi connectivity index (χ2n) is 7.17. The van der Waals surface area contributed by atoms with Gasteiger partial charge >= 0.3 is 5.97 Å². The molecule has 0 radical (unpaired) electrons. The molecule has 1 aliphatic heterocycles. The van der Waals surface area contributed by atoms with Gasteiger partial charge in [0, 0.05) is 13.5 Å². The van der Waals surface area contributed by atoms with Crippen molar-refractivity contribution in [3.8, 4) is 0 Å². The Labute approximate surface area is 161 Å². The molecule has 4 N–H and O–H groups in total. The highest BCUT2D eigenvalue weighted by molar-refractivity contribution is 5.69. The summed E-state index contributed by atoms with van der Waals surface area (Å²) >= 11 is 0. The van der Waals surface area contributed by atoms with Crippen molar-refractivity contribution in [1.82, 2.24) is 0 Å². The molecular weight excluding hydrogens is 356 g/mol. The molecule has 5 atom stereocenters. The Morgan fingerprint density at radius 3 is 2.04 bits per heavy atom. The third-order valence-electron chi connectivity index (χ3n) is 4.94. The summed E-state index contributed by atoms with van der Waals surface area (Å²) in [5.41, 5.74) is 0. The maximum atomic E-state index is 12.1. The first kappa shape index (κ1) is 24.3. The van der Waals surface area contributed by atoms with E-state index >= 15 is 0 Å². The Morgan fingerprint density at radius 1 is 0.963 bits per heavy atom. The minimum Gasteiger partial charge on any atom is -0.427 e. The molecule has 160 valence electrons. The number of aliphatic hydroxyl groups excluding tert-OH is 4. The van der Waals surface area contributed by atoms with Crippen LogP contribution >= 0.6 is 0 Å². The zero-order valence-corrected chi connectivity index (χ0v) is 16.5. The smallest absolute Gasteiger partial charge is 0.308 e. The first-order valence-electron chi connectivity index (χ1n) is 9.99. The van der Waals surface area contributed by atoms with E-state index in [0.29, 0.717) is 6.42 Å². The average Bonchev–Trinajstić information content (AvgIpc) is 2.67. The van der Waals surface area contributed by atoms with Crippen LogP contribution in [0.5, 0.6) is 0 Å². The maximum Gasteiger partial charge on any atom is 0.308 e. The first-order chi connectivity index (χ1) is 12.9. The Morgan fingerprint density at radius 2 is 1.52 bits per heavy atom. The summed E-state index contributed by atoms with van der Waals surface area (Å²) in [7, 11) is 1.23. The molecule has 0 aromatic heterocycles. The highest BCUT2D eigenvalue weighted by Crippen LogP contribution is 2.32. The summed E-state index contributed by atoms with van der Waals surface area (Å²) in [6.45, 7) is 1.32. The van der Waals surface area contributed by atoms with Crippen LogP contribution < -0.4 is 0 Å². The van der Waals surface area contributed by atoms with Gasteiger partial charge in [-0.3, -0.25) is 4.79 Å². The summed E-state index contributed by atoms with van der Waals surface area (Å²) in [4.78, 5) is 12.1. The molecule has 0 amide bonds. The molecule has 1 heterocycles. The van der Waals surface area contributed by atoms with Crippen LogP contribution in [0.2, 0.25) is 0 Å². The number of hydrogen-bond donors (Lipinski definition) is 4. The summed E-state index contributed by atoms with van der Waals surface area (Å²) in [6, 6.07) is 0. The lowest BCUT2D eigenvalue weighted by atomic mass is 9.96. The van der Waals surface area contributed by atoms with Crippen molar-refractivity contribution in [2.45, 2.75) is 102 Å². The molecule has 27 heavy (non-hydrogen) atoms. The predicted molar refractivity (Wildman–Crippen MR) is 97.7 cm³/mol. The second kappa shape index (κ2) is 12.6. The van der Waals surface area contributed by atoms with E-state index in [9.17, 15) is 25.2 Å². The maximum absolute atomic E-state index is 12.1. The largest absolute Gasteiger partial charge is 0.427 e. The summed E-state index contributed by atoms with van der Waals surface area (Å²) in [5, 5.41) is 39.4. The average molecular weight is 392 g/mol. The molecule has 1 saturated heterocycles. The van der Waals surface area contributed by atoms with Crippen molar-refractivity contribution >= 4 is 5.97 Å². The van der Waals surface area contributed by atoms with Gasteiger partial charge < -0.3 is 34.6 Å². The lowest BCUT2D eigenvalue weighted by Gasteiger charge is -2.46. The van der Waals surface area contributed by atoms with Crippen molar-refractivity contribution in [2.24, 2.45) is 0 Å². The van der Waals surface area contributed by atoms with E-state index in [2.05, 4.69) is 6.92 Å². The van der Waals surface area contributed by atoms with Crippen LogP contribution in [0.25, 0.3) is 0 Å². The lowest BCUT2D eigenvalue weighted by Crippen LogP contribution is -2.67. The Kier molecular flexibility index (Phi) is 11.4. The molecule has 1 rings (SSSR count). The van der Waals surface area contributed by atoms with Gasteiger partial charge in [-0.1, -0.05) is 58.3 Å². The van der Waals surface area contributed by atoms with E-state index in [1.165, 1.54) is 39.2 Å². The fourth-order valence-corrected chi connectivity index (χ4v) is 3.20. The Hall–Kier alpha value is -0.770. The number of unbranched alkanes of at least 4 members (excludes halogenated alkanes) is 8. The normalized spacial score (nSPS) is 31.0. The van der Waals surface area contributed by atoms with Gasteiger partial charge in [0.2, 0.25) is 0 Å². The Bertz CT molecular complexity index is 417. The van der Waals surface area contributed by atoms with Gasteiger partial charge in [-0.25, -0.2) is 0 Å². The minimum absolute atomic E-state index is 0.115. The van der Waals surface area contributed by atoms with Gasteiger partial charge in [0.15, 0.2) is 12.4 Å². The minimum atomic E-state index is -2.16. The molecule has 0 aromatic rings. The van der Waals surface area contributed by atoms with E-state index in [-0.39, 0.29) is 6.42 Å². The quantitative estimate of drug-likeness (QED) is 0.272. The molecule has 0 spiro atoms. The zero-order chi connectivity index (χ0) is 20.3. The number of carbonyl (C=O) groups excluding carboxylic acids is 1. The highest BCUT2D eigenvalue weighted by atomic mass is 16.8. The number of carbonyl (C=O) groups is 1. The van der Waals surface area contributed by atoms with Gasteiger partial charge in [-0.05, 0) is 6.42 Å². The van der Waals surface area contributed by atoms with E-state index in [1.54, 1.807) is 0 Å². The van der Waals surface area contributed by atoms with E-state index in [4.69, 9.17) is 14.2 Å². The number of hydrogen-bond acceptors (Lipinski definition) is 8. The SMILES string of the molecule is CCCCCCCCCCCC(=O)OC1(CO)O[C@H](OC)[C@@H](O)[C@@H](O)[C@H]1O. The molecule has 0 aromatic carbocycles.